The Morgan fingerprint density at radius 2 is 1.66 bits per heavy atom. The molecule has 0 saturated carbocycles. The topological polar surface area (TPSA) is 142 Å². The van der Waals surface area contributed by atoms with Gasteiger partial charge in [-0.05, 0) is 35.9 Å². The number of carbonyl (C=O) groups is 2. The summed E-state index contributed by atoms with van der Waals surface area (Å²) in [5.74, 6) is -0.790. The molecule has 4 rings (SSSR count). The largest absolute Gasteiger partial charge is 0.354 e. The summed E-state index contributed by atoms with van der Waals surface area (Å²) in [6, 6.07) is 19.0. The molecule has 2 amide bonds. The Morgan fingerprint density at radius 3 is 2.26 bits per heavy atom. The molecule has 0 spiro atoms. The van der Waals surface area contributed by atoms with Gasteiger partial charge in [-0.15, -0.1) is 0 Å². The zero-order valence-electron chi connectivity index (χ0n) is 20.8. The molecular formula is C26H25N5O6S. The van der Waals surface area contributed by atoms with Crippen LogP contribution in [0.3, 0.4) is 0 Å². The smallest absolute Gasteiger partial charge is 0.270 e. The average molecular weight is 536 g/mol. The van der Waals surface area contributed by atoms with Crippen molar-refractivity contribution < 1.29 is 22.9 Å². The fourth-order valence-electron chi connectivity index (χ4n) is 3.85. The number of rotatable bonds is 8. The van der Waals surface area contributed by atoms with Crippen LogP contribution >= 0.6 is 0 Å². The second-order valence-corrected chi connectivity index (χ2v) is 10.8. The average Bonchev–Trinajstić information content (AvgIpc) is 3.22. The van der Waals surface area contributed by atoms with E-state index >= 15 is 0 Å². The van der Waals surface area contributed by atoms with Gasteiger partial charge in [-0.1, -0.05) is 30.3 Å². The standard InChI is InChI=1S/C26H25N5O6S/c1-29(2)23(32)16-30(3)38(36,37)20-12-9-18(10-13-20)27-25(17-7-5-4-6-8-17)24-21-15-19(31(34)35)11-14-22(21)28-26(24)33/h4-15,27H,16H2,1-3H3,(H,28,33)/b25-24-. The van der Waals surface area contributed by atoms with Gasteiger partial charge in [0.1, 0.15) is 0 Å². The zero-order chi connectivity index (χ0) is 27.6. The molecule has 0 saturated heterocycles. The second kappa shape index (κ2) is 10.4. The Kier molecular flexibility index (Phi) is 7.28. The summed E-state index contributed by atoms with van der Waals surface area (Å²) in [4.78, 5) is 37.1. The summed E-state index contributed by atoms with van der Waals surface area (Å²) in [5, 5.41) is 17.3. The van der Waals surface area contributed by atoms with E-state index in [1.807, 2.05) is 6.07 Å². The van der Waals surface area contributed by atoms with Crippen LogP contribution in [-0.2, 0) is 19.6 Å². The van der Waals surface area contributed by atoms with Crippen molar-refractivity contribution in [1.29, 1.82) is 0 Å². The second-order valence-electron chi connectivity index (χ2n) is 8.76. The quantitative estimate of drug-likeness (QED) is 0.256. The van der Waals surface area contributed by atoms with E-state index in [-0.39, 0.29) is 28.6 Å². The maximum absolute atomic E-state index is 13.0. The van der Waals surface area contributed by atoms with Crippen LogP contribution < -0.4 is 10.6 Å². The number of nitro benzene ring substituents is 1. The first-order valence-electron chi connectivity index (χ1n) is 11.4. The summed E-state index contributed by atoms with van der Waals surface area (Å²) in [6.07, 6.45) is 0. The van der Waals surface area contributed by atoms with Crippen LogP contribution in [-0.4, -0.2) is 62.0 Å². The number of sulfonamides is 1. The van der Waals surface area contributed by atoms with Gasteiger partial charge in [0.15, 0.2) is 0 Å². The SMILES string of the molecule is CN(C)C(=O)CN(C)S(=O)(=O)c1ccc(N/C(=C2\C(=O)Nc3ccc([N+](=O)[O-])cc32)c2ccccc2)cc1. The van der Waals surface area contributed by atoms with Crippen LogP contribution in [0.4, 0.5) is 17.1 Å². The van der Waals surface area contributed by atoms with Gasteiger partial charge in [-0.25, -0.2) is 8.42 Å². The van der Waals surface area contributed by atoms with Gasteiger partial charge in [-0.3, -0.25) is 19.7 Å². The number of benzene rings is 3. The Hall–Kier alpha value is -4.55. The first-order valence-corrected chi connectivity index (χ1v) is 12.9. The van der Waals surface area contributed by atoms with E-state index in [2.05, 4.69) is 10.6 Å². The van der Waals surface area contributed by atoms with Crippen LogP contribution in [0.5, 0.6) is 0 Å². The van der Waals surface area contributed by atoms with Crippen LogP contribution in [0.1, 0.15) is 11.1 Å². The molecule has 0 radical (unpaired) electrons. The van der Waals surface area contributed by atoms with Gasteiger partial charge >= 0.3 is 0 Å². The highest BCUT2D eigenvalue weighted by Gasteiger charge is 2.30. The molecule has 1 aliphatic heterocycles. The number of amides is 2. The van der Waals surface area contributed by atoms with Crippen molar-refractivity contribution in [3.63, 3.8) is 0 Å². The molecule has 12 heteroatoms. The molecule has 3 aromatic rings. The first kappa shape index (κ1) is 26.5. The van der Waals surface area contributed by atoms with Crippen LogP contribution in [0.25, 0.3) is 11.3 Å². The number of likely N-dealkylation sites (N-methyl/N-ethyl adjacent to an activating group) is 2. The van der Waals surface area contributed by atoms with E-state index in [9.17, 15) is 28.1 Å². The van der Waals surface area contributed by atoms with Gasteiger partial charge < -0.3 is 15.5 Å². The minimum absolute atomic E-state index is 0.00870. The van der Waals surface area contributed by atoms with Gasteiger partial charge in [0.05, 0.1) is 27.6 Å². The third-order valence-corrected chi connectivity index (χ3v) is 7.78. The number of non-ortho nitro benzene ring substituents is 1. The van der Waals surface area contributed by atoms with Crippen LogP contribution in [0, 0.1) is 10.1 Å². The Labute approximate surface area is 219 Å². The third-order valence-electron chi connectivity index (χ3n) is 5.96. The number of nitrogens with one attached hydrogen (secondary N) is 2. The number of anilines is 2. The molecule has 196 valence electrons. The van der Waals surface area contributed by atoms with E-state index in [0.717, 1.165) is 4.31 Å². The number of fused-ring (bicyclic) bond motifs is 1. The van der Waals surface area contributed by atoms with Crippen molar-refractivity contribution in [3.8, 4) is 0 Å². The normalized spacial score (nSPS) is 14.1. The summed E-state index contributed by atoms with van der Waals surface area (Å²) >= 11 is 0. The maximum atomic E-state index is 13.0. The predicted molar refractivity (Wildman–Crippen MR) is 144 cm³/mol. The highest BCUT2D eigenvalue weighted by atomic mass is 32.2. The van der Waals surface area contributed by atoms with Crippen molar-refractivity contribution in [3.05, 3.63) is 94.0 Å². The van der Waals surface area contributed by atoms with E-state index in [4.69, 9.17) is 0 Å². The van der Waals surface area contributed by atoms with E-state index in [1.165, 1.54) is 42.3 Å². The number of hydrogen-bond donors (Lipinski definition) is 2. The van der Waals surface area contributed by atoms with Gasteiger partial charge in [-0.2, -0.15) is 4.31 Å². The molecule has 38 heavy (non-hydrogen) atoms. The van der Waals surface area contributed by atoms with Crippen LogP contribution in [0.15, 0.2) is 77.7 Å². The van der Waals surface area contributed by atoms with Crippen LogP contribution in [0.2, 0.25) is 0 Å². The van der Waals surface area contributed by atoms with Crippen molar-refractivity contribution >= 4 is 50.2 Å². The molecule has 1 aliphatic rings. The Bertz CT molecular complexity index is 1550. The first-order chi connectivity index (χ1) is 18.0. The summed E-state index contributed by atoms with van der Waals surface area (Å²) in [5.41, 5.74) is 2.41. The third kappa shape index (κ3) is 5.26. The molecule has 0 unspecified atom stereocenters. The van der Waals surface area contributed by atoms with E-state index in [0.29, 0.717) is 28.2 Å². The van der Waals surface area contributed by atoms with Crippen molar-refractivity contribution in [2.75, 3.05) is 38.3 Å². The minimum atomic E-state index is -3.92. The van der Waals surface area contributed by atoms with Gasteiger partial charge in [0, 0.05) is 50.2 Å². The number of nitro groups is 1. The van der Waals surface area contributed by atoms with E-state index < -0.39 is 20.9 Å². The molecular weight excluding hydrogens is 510 g/mol. The Morgan fingerprint density at radius 1 is 1.00 bits per heavy atom. The van der Waals surface area contributed by atoms with Crippen molar-refractivity contribution in [2.24, 2.45) is 0 Å². The summed E-state index contributed by atoms with van der Waals surface area (Å²) < 4.78 is 26.9. The highest BCUT2D eigenvalue weighted by molar-refractivity contribution is 7.89. The Balaban J connectivity index is 1.72. The lowest BCUT2D eigenvalue weighted by Crippen LogP contribution is -2.37. The zero-order valence-corrected chi connectivity index (χ0v) is 21.7. The van der Waals surface area contributed by atoms with Crippen molar-refractivity contribution in [2.45, 2.75) is 4.90 Å². The molecule has 0 fully saturated rings. The maximum Gasteiger partial charge on any atom is 0.270 e. The van der Waals surface area contributed by atoms with Gasteiger partial charge in [0.25, 0.3) is 11.6 Å². The summed E-state index contributed by atoms with van der Waals surface area (Å²) in [7, 11) is 0.495. The predicted octanol–water partition coefficient (Wildman–Crippen LogP) is 3.24. The highest BCUT2D eigenvalue weighted by Crippen LogP contribution is 2.39. The minimum Gasteiger partial charge on any atom is -0.354 e. The molecule has 0 bridgehead atoms. The van der Waals surface area contributed by atoms with Gasteiger partial charge in [0.2, 0.25) is 15.9 Å². The number of nitrogens with zero attached hydrogens (tertiary/aromatic N) is 3. The fourth-order valence-corrected chi connectivity index (χ4v) is 4.97. The van der Waals surface area contributed by atoms with E-state index in [1.54, 1.807) is 50.5 Å². The molecule has 0 atom stereocenters. The number of carbonyl (C=O) groups excluding carboxylic acids is 2. The summed E-state index contributed by atoms with van der Waals surface area (Å²) in [6.45, 7) is -0.305. The fraction of sp³-hybridized carbons (Fsp3) is 0.154. The number of hydrogen-bond acceptors (Lipinski definition) is 7. The molecule has 2 N–H and O–H groups in total. The molecule has 11 nitrogen and oxygen atoms in total. The van der Waals surface area contributed by atoms with Crippen molar-refractivity contribution in [1.82, 2.24) is 9.21 Å². The lowest BCUT2D eigenvalue weighted by Gasteiger charge is -2.19. The lowest BCUT2D eigenvalue weighted by atomic mass is 9.99. The molecule has 0 aliphatic carbocycles. The monoisotopic (exact) mass is 535 g/mol. The molecule has 1 heterocycles. The molecule has 3 aromatic carbocycles. The lowest BCUT2D eigenvalue weighted by molar-refractivity contribution is -0.384. The molecule has 0 aromatic heterocycles.